The molecule has 0 unspecified atom stereocenters. The molecule has 1 amide bonds. The number of hydrogen-bond acceptors (Lipinski definition) is 6. The van der Waals surface area contributed by atoms with Gasteiger partial charge < -0.3 is 9.47 Å². The summed E-state index contributed by atoms with van der Waals surface area (Å²) >= 11 is 0. The van der Waals surface area contributed by atoms with E-state index in [9.17, 15) is 4.79 Å². The lowest BCUT2D eigenvalue weighted by Crippen LogP contribution is -2.19. The Morgan fingerprint density at radius 1 is 0.706 bits per heavy atom. The molecule has 0 fully saturated rings. The van der Waals surface area contributed by atoms with Gasteiger partial charge in [0, 0.05) is 29.8 Å². The third-order valence-electron chi connectivity index (χ3n) is 5.11. The van der Waals surface area contributed by atoms with Crippen molar-refractivity contribution in [2.24, 2.45) is 10.2 Å². The smallest absolute Gasteiger partial charge is 0.271 e. The van der Waals surface area contributed by atoms with Gasteiger partial charge in [-0.05, 0) is 73.5 Å². The van der Waals surface area contributed by atoms with Crippen molar-refractivity contribution in [3.8, 4) is 11.5 Å². The van der Waals surface area contributed by atoms with E-state index in [0.717, 1.165) is 46.2 Å². The van der Waals surface area contributed by atoms with Gasteiger partial charge in [0.25, 0.3) is 5.91 Å². The van der Waals surface area contributed by atoms with Gasteiger partial charge in [-0.1, -0.05) is 24.3 Å². The number of ether oxygens (including phenoxy) is 2. The third-order valence-corrected chi connectivity index (χ3v) is 5.11. The van der Waals surface area contributed by atoms with Crippen molar-refractivity contribution >= 4 is 23.0 Å². The van der Waals surface area contributed by atoms with E-state index in [4.69, 9.17) is 9.47 Å². The van der Waals surface area contributed by atoms with Crippen LogP contribution in [-0.4, -0.2) is 31.6 Å². The molecule has 3 aromatic carbocycles. The van der Waals surface area contributed by atoms with E-state index in [0.29, 0.717) is 12.0 Å². The number of nitrogens with one attached hydrogen (secondary N) is 2. The van der Waals surface area contributed by atoms with Crippen molar-refractivity contribution in [1.82, 2.24) is 5.43 Å². The van der Waals surface area contributed by atoms with Gasteiger partial charge in [0.15, 0.2) is 0 Å². The van der Waals surface area contributed by atoms with Gasteiger partial charge in [-0.3, -0.25) is 10.2 Å². The van der Waals surface area contributed by atoms with Crippen LogP contribution in [0.25, 0.3) is 0 Å². The SMILES string of the molecule is COc1ccc(CC(C)=NNC(=O)c2ccc(NN=C(C)Cc3ccc(OC)cc3)cc2)cc1. The lowest BCUT2D eigenvalue weighted by molar-refractivity contribution is 0.0954. The molecule has 3 aromatic rings. The van der Waals surface area contributed by atoms with Gasteiger partial charge in [-0.15, -0.1) is 0 Å². The fraction of sp³-hybridized carbons (Fsp3) is 0.222. The van der Waals surface area contributed by atoms with Crippen LogP contribution in [0, 0.1) is 0 Å². The molecule has 0 heterocycles. The van der Waals surface area contributed by atoms with Gasteiger partial charge >= 0.3 is 0 Å². The summed E-state index contributed by atoms with van der Waals surface area (Å²) in [7, 11) is 3.29. The Kier molecular flexibility index (Phi) is 8.80. The molecular weight excluding hydrogens is 428 g/mol. The molecule has 0 spiro atoms. The number of nitrogens with zero attached hydrogens (tertiary/aromatic N) is 2. The van der Waals surface area contributed by atoms with E-state index >= 15 is 0 Å². The average Bonchev–Trinajstić information content (AvgIpc) is 2.87. The Hall–Kier alpha value is -4.13. The molecule has 3 rings (SSSR count). The summed E-state index contributed by atoms with van der Waals surface area (Å²) in [6.07, 6.45) is 1.37. The van der Waals surface area contributed by atoms with E-state index in [1.807, 2.05) is 74.5 Å². The van der Waals surface area contributed by atoms with E-state index in [-0.39, 0.29) is 5.91 Å². The van der Waals surface area contributed by atoms with Gasteiger partial charge in [0.2, 0.25) is 0 Å². The summed E-state index contributed by atoms with van der Waals surface area (Å²) in [5, 5.41) is 8.63. The van der Waals surface area contributed by atoms with Crippen LogP contribution in [0.15, 0.2) is 83.0 Å². The summed E-state index contributed by atoms with van der Waals surface area (Å²) in [4.78, 5) is 12.4. The van der Waals surface area contributed by atoms with Crippen LogP contribution in [0.5, 0.6) is 11.5 Å². The highest BCUT2D eigenvalue weighted by atomic mass is 16.5. The quantitative estimate of drug-likeness (QED) is 0.328. The van der Waals surface area contributed by atoms with Gasteiger partial charge in [0.1, 0.15) is 11.5 Å². The van der Waals surface area contributed by atoms with Gasteiger partial charge in [-0.2, -0.15) is 10.2 Å². The molecule has 2 N–H and O–H groups in total. The van der Waals surface area contributed by atoms with Crippen molar-refractivity contribution < 1.29 is 14.3 Å². The minimum Gasteiger partial charge on any atom is -0.497 e. The highest BCUT2D eigenvalue weighted by Crippen LogP contribution is 2.14. The molecule has 0 bridgehead atoms. The highest BCUT2D eigenvalue weighted by molar-refractivity contribution is 5.95. The maximum absolute atomic E-state index is 12.4. The summed E-state index contributed by atoms with van der Waals surface area (Å²) in [6.45, 7) is 3.84. The molecule has 0 saturated heterocycles. The van der Waals surface area contributed by atoms with Gasteiger partial charge in [0.05, 0.1) is 19.9 Å². The molecule has 0 saturated carbocycles. The monoisotopic (exact) mass is 458 g/mol. The normalized spacial score (nSPS) is 11.6. The van der Waals surface area contributed by atoms with Gasteiger partial charge in [-0.25, -0.2) is 5.43 Å². The van der Waals surface area contributed by atoms with E-state index in [1.54, 1.807) is 26.4 Å². The van der Waals surface area contributed by atoms with Crippen LogP contribution in [0.3, 0.4) is 0 Å². The summed E-state index contributed by atoms with van der Waals surface area (Å²) in [5.74, 6) is 1.38. The summed E-state index contributed by atoms with van der Waals surface area (Å²) in [6, 6.07) is 22.8. The number of carbonyl (C=O) groups is 1. The number of benzene rings is 3. The number of carbonyl (C=O) groups excluding carboxylic acids is 1. The zero-order chi connectivity index (χ0) is 24.3. The first-order valence-corrected chi connectivity index (χ1v) is 11.0. The Bertz CT molecular complexity index is 1140. The van der Waals surface area contributed by atoms with Crippen molar-refractivity contribution in [1.29, 1.82) is 0 Å². The average molecular weight is 459 g/mol. The van der Waals surface area contributed by atoms with Crippen LogP contribution in [0.2, 0.25) is 0 Å². The Balaban J connectivity index is 1.49. The predicted octanol–water partition coefficient (Wildman–Crippen LogP) is 5.08. The third kappa shape index (κ3) is 7.48. The summed E-state index contributed by atoms with van der Waals surface area (Å²) in [5.41, 5.74) is 10.9. The van der Waals surface area contributed by atoms with Crippen molar-refractivity contribution in [2.75, 3.05) is 19.6 Å². The number of hydrogen-bond donors (Lipinski definition) is 2. The minimum atomic E-state index is -0.264. The Morgan fingerprint density at radius 3 is 1.65 bits per heavy atom. The molecule has 0 aliphatic heterocycles. The number of rotatable bonds is 10. The molecule has 7 heteroatoms. The number of methoxy groups -OCH3 is 2. The maximum atomic E-state index is 12.4. The molecule has 176 valence electrons. The molecule has 0 atom stereocenters. The predicted molar refractivity (Wildman–Crippen MR) is 137 cm³/mol. The fourth-order valence-electron chi connectivity index (χ4n) is 3.22. The number of anilines is 1. The molecule has 0 aliphatic carbocycles. The molecule has 7 nitrogen and oxygen atoms in total. The fourth-order valence-corrected chi connectivity index (χ4v) is 3.22. The molecule has 0 aliphatic rings. The second-order valence-electron chi connectivity index (χ2n) is 7.87. The summed E-state index contributed by atoms with van der Waals surface area (Å²) < 4.78 is 10.3. The molecule has 0 radical (unpaired) electrons. The van der Waals surface area contributed by atoms with E-state index < -0.39 is 0 Å². The first kappa shape index (κ1) is 24.5. The lowest BCUT2D eigenvalue weighted by Gasteiger charge is -2.07. The molecule has 0 aromatic heterocycles. The second-order valence-corrected chi connectivity index (χ2v) is 7.87. The first-order valence-electron chi connectivity index (χ1n) is 11.0. The zero-order valence-electron chi connectivity index (χ0n) is 20.0. The van der Waals surface area contributed by atoms with Crippen LogP contribution < -0.4 is 20.3 Å². The molecule has 34 heavy (non-hydrogen) atoms. The first-order chi connectivity index (χ1) is 16.5. The van der Waals surface area contributed by atoms with Crippen LogP contribution in [-0.2, 0) is 12.8 Å². The Morgan fingerprint density at radius 2 is 1.18 bits per heavy atom. The van der Waals surface area contributed by atoms with Crippen LogP contribution >= 0.6 is 0 Å². The largest absolute Gasteiger partial charge is 0.497 e. The van der Waals surface area contributed by atoms with E-state index in [1.165, 1.54) is 0 Å². The zero-order valence-corrected chi connectivity index (χ0v) is 20.0. The highest BCUT2D eigenvalue weighted by Gasteiger charge is 2.05. The second kappa shape index (κ2) is 12.2. The standard InChI is InChI=1S/C27H30N4O3/c1-19(17-21-5-13-25(33-3)14-6-21)28-30-24-11-9-23(10-12-24)27(32)31-29-20(2)18-22-7-15-26(34-4)16-8-22/h5-16,30H,17-18H2,1-4H3,(H,31,32). The van der Waals surface area contributed by atoms with Crippen molar-refractivity contribution in [3.63, 3.8) is 0 Å². The van der Waals surface area contributed by atoms with Crippen molar-refractivity contribution in [3.05, 3.63) is 89.5 Å². The van der Waals surface area contributed by atoms with Crippen LogP contribution in [0.4, 0.5) is 5.69 Å². The number of hydrazone groups is 2. The topological polar surface area (TPSA) is 84.3 Å². The molecular formula is C27H30N4O3. The lowest BCUT2D eigenvalue weighted by atomic mass is 10.1. The Labute approximate surface area is 200 Å². The van der Waals surface area contributed by atoms with E-state index in [2.05, 4.69) is 21.1 Å². The number of amides is 1. The maximum Gasteiger partial charge on any atom is 0.271 e. The minimum absolute atomic E-state index is 0.264. The van der Waals surface area contributed by atoms with Crippen LogP contribution in [0.1, 0.15) is 35.3 Å². The van der Waals surface area contributed by atoms with Crippen molar-refractivity contribution in [2.45, 2.75) is 26.7 Å².